The molecule has 3 aromatic heterocycles. The standard InChI is InChI=1S/C18H19N5O3/c1-3-8-23-15-14(17(25)22-18(23)26)9-13(10-20-15)16(24)21-11(2)12-4-6-19-7-5-12/h4-7,9-11H,3,8H2,1-2H3,(H,21,24)(H,22,25,26). The molecule has 26 heavy (non-hydrogen) atoms. The molecule has 1 amide bonds. The Morgan fingerprint density at radius 3 is 2.73 bits per heavy atom. The van der Waals surface area contributed by atoms with E-state index in [0.29, 0.717) is 13.0 Å². The Kier molecular flexibility index (Phi) is 4.92. The van der Waals surface area contributed by atoms with Gasteiger partial charge in [0.25, 0.3) is 11.5 Å². The second-order valence-electron chi connectivity index (χ2n) is 5.98. The summed E-state index contributed by atoms with van der Waals surface area (Å²) >= 11 is 0. The third-order valence-electron chi connectivity index (χ3n) is 4.10. The van der Waals surface area contributed by atoms with Gasteiger partial charge in [0.05, 0.1) is 17.0 Å². The molecular weight excluding hydrogens is 334 g/mol. The second-order valence-corrected chi connectivity index (χ2v) is 5.98. The number of nitrogens with one attached hydrogen (secondary N) is 2. The van der Waals surface area contributed by atoms with E-state index in [2.05, 4.69) is 20.3 Å². The Labute approximate surface area is 148 Å². The molecule has 1 atom stereocenters. The number of nitrogens with zero attached hydrogens (tertiary/aromatic N) is 3. The first-order valence-corrected chi connectivity index (χ1v) is 8.35. The van der Waals surface area contributed by atoms with Crippen LogP contribution < -0.4 is 16.6 Å². The molecular formula is C18H19N5O3. The molecule has 3 rings (SSSR count). The van der Waals surface area contributed by atoms with Crippen LogP contribution in [0.4, 0.5) is 0 Å². The van der Waals surface area contributed by atoms with Gasteiger partial charge in [-0.25, -0.2) is 9.78 Å². The number of hydrogen-bond acceptors (Lipinski definition) is 5. The summed E-state index contributed by atoms with van der Waals surface area (Å²) in [5.41, 5.74) is 0.392. The summed E-state index contributed by atoms with van der Waals surface area (Å²) in [6.07, 6.45) is 5.40. The Bertz CT molecular complexity index is 1060. The summed E-state index contributed by atoms with van der Waals surface area (Å²) in [5, 5.41) is 3.07. The number of aromatic amines is 1. The van der Waals surface area contributed by atoms with Crippen LogP contribution in [0.5, 0.6) is 0 Å². The molecule has 2 N–H and O–H groups in total. The van der Waals surface area contributed by atoms with E-state index in [1.165, 1.54) is 16.8 Å². The fraction of sp³-hybridized carbons (Fsp3) is 0.278. The lowest BCUT2D eigenvalue weighted by molar-refractivity contribution is 0.0939. The van der Waals surface area contributed by atoms with E-state index in [1.807, 2.05) is 26.0 Å². The number of aromatic nitrogens is 4. The van der Waals surface area contributed by atoms with Crippen molar-refractivity contribution in [3.8, 4) is 0 Å². The Morgan fingerprint density at radius 2 is 2.04 bits per heavy atom. The van der Waals surface area contributed by atoms with Crippen LogP contribution in [-0.2, 0) is 6.54 Å². The molecule has 0 aromatic carbocycles. The molecule has 0 aliphatic heterocycles. The van der Waals surface area contributed by atoms with E-state index in [0.717, 1.165) is 5.56 Å². The molecule has 8 heteroatoms. The smallest absolute Gasteiger partial charge is 0.329 e. The van der Waals surface area contributed by atoms with Crippen molar-refractivity contribution in [1.82, 2.24) is 24.8 Å². The van der Waals surface area contributed by atoms with Gasteiger partial charge in [-0.3, -0.25) is 24.1 Å². The van der Waals surface area contributed by atoms with Gasteiger partial charge >= 0.3 is 5.69 Å². The minimum absolute atomic E-state index is 0.210. The van der Waals surface area contributed by atoms with Crippen molar-refractivity contribution in [2.75, 3.05) is 0 Å². The quantitative estimate of drug-likeness (QED) is 0.720. The molecule has 0 aliphatic carbocycles. The highest BCUT2D eigenvalue weighted by Gasteiger charge is 2.15. The van der Waals surface area contributed by atoms with Crippen molar-refractivity contribution in [2.45, 2.75) is 32.9 Å². The SMILES string of the molecule is CCCn1c(=O)[nH]c(=O)c2cc(C(=O)NC(C)c3ccncc3)cnc21. The topological polar surface area (TPSA) is 110 Å². The summed E-state index contributed by atoms with van der Waals surface area (Å²) < 4.78 is 1.40. The molecule has 134 valence electrons. The van der Waals surface area contributed by atoms with Crippen LogP contribution in [0.2, 0.25) is 0 Å². The van der Waals surface area contributed by atoms with Crippen LogP contribution >= 0.6 is 0 Å². The number of amides is 1. The lowest BCUT2D eigenvalue weighted by Crippen LogP contribution is -2.31. The zero-order valence-electron chi connectivity index (χ0n) is 14.5. The predicted octanol–water partition coefficient (Wildman–Crippen LogP) is 1.38. The van der Waals surface area contributed by atoms with E-state index in [4.69, 9.17) is 0 Å². The average Bonchev–Trinajstić information content (AvgIpc) is 2.65. The molecule has 8 nitrogen and oxygen atoms in total. The molecule has 3 aromatic rings. The molecule has 0 saturated heterocycles. The summed E-state index contributed by atoms with van der Waals surface area (Å²) in [5.74, 6) is -0.351. The van der Waals surface area contributed by atoms with E-state index in [-0.39, 0.29) is 28.5 Å². The highest BCUT2D eigenvalue weighted by atomic mass is 16.2. The van der Waals surface area contributed by atoms with Crippen LogP contribution in [0, 0.1) is 0 Å². The first kappa shape index (κ1) is 17.5. The van der Waals surface area contributed by atoms with Gasteiger partial charge in [-0.15, -0.1) is 0 Å². The minimum Gasteiger partial charge on any atom is -0.345 e. The van der Waals surface area contributed by atoms with Crippen molar-refractivity contribution in [2.24, 2.45) is 0 Å². The van der Waals surface area contributed by atoms with Gasteiger partial charge in [0.2, 0.25) is 0 Å². The van der Waals surface area contributed by atoms with Crippen molar-refractivity contribution in [3.05, 3.63) is 68.8 Å². The molecule has 3 heterocycles. The molecule has 0 aliphatic rings. The molecule has 0 bridgehead atoms. The monoisotopic (exact) mass is 353 g/mol. The van der Waals surface area contributed by atoms with Crippen molar-refractivity contribution >= 4 is 16.9 Å². The molecule has 0 fully saturated rings. The maximum atomic E-state index is 12.5. The lowest BCUT2D eigenvalue weighted by Gasteiger charge is -2.14. The first-order valence-electron chi connectivity index (χ1n) is 8.35. The van der Waals surface area contributed by atoms with Gasteiger partial charge in [-0.2, -0.15) is 0 Å². The van der Waals surface area contributed by atoms with Crippen LogP contribution in [-0.4, -0.2) is 25.4 Å². The van der Waals surface area contributed by atoms with Gasteiger partial charge in [0.1, 0.15) is 5.65 Å². The molecule has 1 unspecified atom stereocenters. The molecule has 0 spiro atoms. The number of rotatable bonds is 5. The maximum absolute atomic E-state index is 12.5. The van der Waals surface area contributed by atoms with Crippen molar-refractivity contribution in [3.63, 3.8) is 0 Å². The lowest BCUT2D eigenvalue weighted by atomic mass is 10.1. The number of carbonyl (C=O) groups excluding carboxylic acids is 1. The van der Waals surface area contributed by atoms with E-state index in [9.17, 15) is 14.4 Å². The van der Waals surface area contributed by atoms with Crippen LogP contribution in [0.15, 0.2) is 46.4 Å². The van der Waals surface area contributed by atoms with E-state index >= 15 is 0 Å². The van der Waals surface area contributed by atoms with Crippen LogP contribution in [0.3, 0.4) is 0 Å². The predicted molar refractivity (Wildman–Crippen MR) is 97.0 cm³/mol. The number of pyridine rings is 2. The fourth-order valence-electron chi connectivity index (χ4n) is 2.74. The van der Waals surface area contributed by atoms with Gasteiger partial charge in [0, 0.05) is 25.1 Å². The summed E-state index contributed by atoms with van der Waals surface area (Å²) in [7, 11) is 0. The van der Waals surface area contributed by atoms with Crippen molar-refractivity contribution in [1.29, 1.82) is 0 Å². The average molecular weight is 353 g/mol. The highest BCUT2D eigenvalue weighted by Crippen LogP contribution is 2.13. The number of fused-ring (bicyclic) bond motifs is 1. The highest BCUT2D eigenvalue weighted by molar-refractivity contribution is 5.96. The summed E-state index contributed by atoms with van der Waals surface area (Å²) in [6.45, 7) is 4.21. The number of aryl methyl sites for hydroxylation is 1. The van der Waals surface area contributed by atoms with Gasteiger partial charge < -0.3 is 5.32 Å². The van der Waals surface area contributed by atoms with Crippen LogP contribution in [0.25, 0.3) is 11.0 Å². The molecule has 0 radical (unpaired) electrons. The van der Waals surface area contributed by atoms with Crippen LogP contribution in [0.1, 0.15) is 42.2 Å². The zero-order chi connectivity index (χ0) is 18.7. The van der Waals surface area contributed by atoms with Gasteiger partial charge in [0.15, 0.2) is 0 Å². The summed E-state index contributed by atoms with van der Waals surface area (Å²) in [4.78, 5) is 47.0. The largest absolute Gasteiger partial charge is 0.345 e. The number of H-pyrrole nitrogens is 1. The maximum Gasteiger partial charge on any atom is 0.329 e. The van der Waals surface area contributed by atoms with Crippen molar-refractivity contribution < 1.29 is 4.79 Å². The molecule has 0 saturated carbocycles. The Morgan fingerprint density at radius 1 is 1.31 bits per heavy atom. The number of carbonyl (C=O) groups is 1. The van der Waals surface area contributed by atoms with Gasteiger partial charge in [-0.05, 0) is 37.1 Å². The second kappa shape index (κ2) is 7.30. The Hall–Kier alpha value is -3.29. The number of hydrogen-bond donors (Lipinski definition) is 2. The normalized spacial score (nSPS) is 12.1. The fourth-order valence-corrected chi connectivity index (χ4v) is 2.74. The first-order chi connectivity index (χ1) is 12.5. The summed E-state index contributed by atoms with van der Waals surface area (Å²) in [6, 6.07) is 4.87. The van der Waals surface area contributed by atoms with E-state index in [1.54, 1.807) is 12.4 Å². The Balaban J connectivity index is 1.95. The minimum atomic E-state index is -0.554. The third-order valence-corrected chi connectivity index (χ3v) is 4.10. The van der Waals surface area contributed by atoms with Gasteiger partial charge in [-0.1, -0.05) is 6.92 Å². The zero-order valence-corrected chi connectivity index (χ0v) is 14.5. The third kappa shape index (κ3) is 3.39. The van der Waals surface area contributed by atoms with E-state index < -0.39 is 11.2 Å².